The highest BCUT2D eigenvalue weighted by Gasteiger charge is 2.12. The summed E-state index contributed by atoms with van der Waals surface area (Å²) in [4.78, 5) is 20.5. The first-order valence-corrected chi connectivity index (χ1v) is 5.88. The molecule has 0 N–H and O–H groups in total. The van der Waals surface area contributed by atoms with Gasteiger partial charge in [0.05, 0.1) is 9.85 Å². The van der Waals surface area contributed by atoms with Gasteiger partial charge in [-0.2, -0.15) is 0 Å². The summed E-state index contributed by atoms with van der Waals surface area (Å²) in [6.07, 6.45) is 2.20. The fourth-order valence-electron chi connectivity index (χ4n) is 1.82. The van der Waals surface area contributed by atoms with Crippen molar-refractivity contribution >= 4 is 11.4 Å². The van der Waals surface area contributed by atoms with Gasteiger partial charge in [0.15, 0.2) is 0 Å². The molecule has 0 heterocycles. The molecule has 20 heavy (non-hydrogen) atoms. The van der Waals surface area contributed by atoms with Crippen LogP contribution in [0.1, 0.15) is 11.1 Å². The Hall–Kier alpha value is -2.76. The molecule has 0 atom stereocenters. The molecule has 0 aliphatic carbocycles. The second-order valence-electron chi connectivity index (χ2n) is 4.14. The zero-order valence-electron chi connectivity index (χ0n) is 10.4. The van der Waals surface area contributed by atoms with E-state index in [1.54, 1.807) is 36.8 Å². The van der Waals surface area contributed by atoms with Crippen molar-refractivity contribution in [2.45, 2.75) is 6.42 Å². The smallest absolute Gasteiger partial charge is 0.258 e. The van der Waals surface area contributed by atoms with Crippen molar-refractivity contribution in [2.75, 3.05) is 0 Å². The molecule has 6 nitrogen and oxygen atoms in total. The maximum absolute atomic E-state index is 10.9. The quantitative estimate of drug-likeness (QED) is 0.616. The summed E-state index contributed by atoms with van der Waals surface area (Å²) in [7, 11) is 0. The SMILES string of the molecule is O=[N+]([O-])c1ccc([CH]Cc2ccccc2[N+](=O)[O-])cc1. The first kappa shape index (κ1) is 13.7. The Labute approximate surface area is 115 Å². The lowest BCUT2D eigenvalue weighted by Gasteiger charge is -2.03. The molecule has 0 aliphatic rings. The van der Waals surface area contributed by atoms with Crippen molar-refractivity contribution in [1.82, 2.24) is 0 Å². The molecule has 0 spiro atoms. The van der Waals surface area contributed by atoms with Crippen LogP contribution in [0.3, 0.4) is 0 Å². The van der Waals surface area contributed by atoms with Crippen molar-refractivity contribution in [2.24, 2.45) is 0 Å². The summed E-state index contributed by atoms with van der Waals surface area (Å²) >= 11 is 0. The number of nitrogens with zero attached hydrogens (tertiary/aromatic N) is 2. The average molecular weight is 271 g/mol. The largest absolute Gasteiger partial charge is 0.272 e. The third-order valence-electron chi connectivity index (χ3n) is 2.85. The molecule has 2 rings (SSSR count). The van der Waals surface area contributed by atoms with Gasteiger partial charge >= 0.3 is 0 Å². The van der Waals surface area contributed by atoms with Crippen molar-refractivity contribution in [3.8, 4) is 0 Å². The van der Waals surface area contributed by atoms with Gasteiger partial charge in [0.1, 0.15) is 0 Å². The second kappa shape index (κ2) is 5.92. The van der Waals surface area contributed by atoms with Crippen molar-refractivity contribution in [3.05, 3.63) is 86.3 Å². The summed E-state index contributed by atoms with van der Waals surface area (Å²) < 4.78 is 0. The van der Waals surface area contributed by atoms with E-state index >= 15 is 0 Å². The highest BCUT2D eigenvalue weighted by Crippen LogP contribution is 2.21. The minimum absolute atomic E-state index is 0.0211. The van der Waals surface area contributed by atoms with Crippen LogP contribution < -0.4 is 0 Å². The molecule has 0 fully saturated rings. The molecule has 0 bridgehead atoms. The number of hydrogen-bond donors (Lipinski definition) is 0. The summed E-state index contributed by atoms with van der Waals surface area (Å²) in [6, 6.07) is 12.6. The molecule has 2 aromatic rings. The maximum Gasteiger partial charge on any atom is 0.272 e. The Morgan fingerprint density at radius 1 is 0.900 bits per heavy atom. The van der Waals surface area contributed by atoms with Gasteiger partial charge in [-0.15, -0.1) is 0 Å². The third-order valence-corrected chi connectivity index (χ3v) is 2.85. The zero-order valence-corrected chi connectivity index (χ0v) is 10.4. The Bertz CT molecular complexity index is 638. The molecule has 0 aromatic heterocycles. The van der Waals surface area contributed by atoms with Crippen LogP contribution in [0.25, 0.3) is 0 Å². The van der Waals surface area contributed by atoms with E-state index in [-0.39, 0.29) is 11.4 Å². The highest BCUT2D eigenvalue weighted by molar-refractivity contribution is 5.43. The second-order valence-corrected chi connectivity index (χ2v) is 4.14. The molecule has 0 saturated carbocycles. The van der Waals surface area contributed by atoms with E-state index in [1.807, 2.05) is 0 Å². The predicted octanol–water partition coefficient (Wildman–Crippen LogP) is 3.30. The first-order valence-electron chi connectivity index (χ1n) is 5.88. The number of nitro groups is 2. The zero-order chi connectivity index (χ0) is 14.5. The molecule has 0 amide bonds. The van der Waals surface area contributed by atoms with E-state index in [0.29, 0.717) is 12.0 Å². The first-order chi connectivity index (χ1) is 9.58. The van der Waals surface area contributed by atoms with Gasteiger partial charge in [0.2, 0.25) is 0 Å². The molecule has 6 heteroatoms. The van der Waals surface area contributed by atoms with Gasteiger partial charge in [-0.1, -0.05) is 30.3 Å². The molecule has 2 aromatic carbocycles. The number of hydrogen-bond acceptors (Lipinski definition) is 4. The Kier molecular flexibility index (Phi) is 4.05. The maximum atomic E-state index is 10.9. The van der Waals surface area contributed by atoms with Crippen LogP contribution in [-0.2, 0) is 6.42 Å². The standard InChI is InChI=1S/C14H11N2O4/c17-15(18)13-9-6-11(7-10-13)5-8-12-3-1-2-4-14(12)16(19)20/h1-7,9-10H,8H2. The lowest BCUT2D eigenvalue weighted by molar-refractivity contribution is -0.385. The number of rotatable bonds is 5. The van der Waals surface area contributed by atoms with Crippen molar-refractivity contribution in [1.29, 1.82) is 0 Å². The van der Waals surface area contributed by atoms with Gasteiger partial charge in [-0.3, -0.25) is 20.2 Å². The van der Waals surface area contributed by atoms with Crippen LogP contribution >= 0.6 is 0 Å². The molecule has 1 radical (unpaired) electrons. The van der Waals surface area contributed by atoms with Crippen LogP contribution in [-0.4, -0.2) is 9.85 Å². The molecule has 0 aliphatic heterocycles. The summed E-state index contributed by atoms with van der Waals surface area (Å²) in [5.41, 5.74) is 1.49. The molecule has 0 unspecified atom stereocenters. The number of non-ortho nitro benzene ring substituents is 1. The summed E-state index contributed by atoms with van der Waals surface area (Å²) in [5, 5.41) is 21.4. The average Bonchev–Trinajstić information content (AvgIpc) is 2.45. The fraction of sp³-hybridized carbons (Fsp3) is 0.0714. The van der Waals surface area contributed by atoms with E-state index in [0.717, 1.165) is 5.56 Å². The van der Waals surface area contributed by atoms with Crippen LogP contribution in [0.2, 0.25) is 0 Å². The van der Waals surface area contributed by atoms with Crippen LogP contribution in [0, 0.1) is 26.6 Å². The Morgan fingerprint density at radius 3 is 2.15 bits per heavy atom. The molecule has 0 saturated heterocycles. The van der Waals surface area contributed by atoms with Gasteiger partial charge in [0.25, 0.3) is 11.4 Å². The molecular weight excluding hydrogens is 260 g/mol. The van der Waals surface area contributed by atoms with Gasteiger partial charge in [0, 0.05) is 23.8 Å². The van der Waals surface area contributed by atoms with E-state index in [2.05, 4.69) is 0 Å². The monoisotopic (exact) mass is 271 g/mol. The minimum atomic E-state index is -0.466. The van der Waals surface area contributed by atoms with Crippen LogP contribution in [0.5, 0.6) is 0 Å². The molecular formula is C14H11N2O4. The van der Waals surface area contributed by atoms with Crippen LogP contribution in [0.4, 0.5) is 11.4 Å². The molecule has 101 valence electrons. The van der Waals surface area contributed by atoms with E-state index in [1.165, 1.54) is 18.2 Å². The summed E-state index contributed by atoms with van der Waals surface area (Å²) in [6.45, 7) is 0. The van der Waals surface area contributed by atoms with Gasteiger partial charge in [-0.05, 0) is 18.4 Å². The number of nitro benzene ring substituents is 2. The fourth-order valence-corrected chi connectivity index (χ4v) is 1.82. The summed E-state index contributed by atoms with van der Waals surface area (Å²) in [5.74, 6) is 0. The lowest BCUT2D eigenvalue weighted by Crippen LogP contribution is -1.96. The third kappa shape index (κ3) is 3.17. The van der Waals surface area contributed by atoms with E-state index in [4.69, 9.17) is 0 Å². The van der Waals surface area contributed by atoms with E-state index in [9.17, 15) is 20.2 Å². The highest BCUT2D eigenvalue weighted by atomic mass is 16.6. The van der Waals surface area contributed by atoms with Crippen molar-refractivity contribution < 1.29 is 9.85 Å². The van der Waals surface area contributed by atoms with Crippen molar-refractivity contribution in [3.63, 3.8) is 0 Å². The lowest BCUT2D eigenvalue weighted by atomic mass is 10.0. The topological polar surface area (TPSA) is 86.3 Å². The number of benzene rings is 2. The predicted molar refractivity (Wildman–Crippen MR) is 73.3 cm³/mol. The van der Waals surface area contributed by atoms with Gasteiger partial charge in [-0.25, -0.2) is 0 Å². The van der Waals surface area contributed by atoms with Gasteiger partial charge < -0.3 is 0 Å². The number of para-hydroxylation sites is 1. The minimum Gasteiger partial charge on any atom is -0.258 e. The Morgan fingerprint density at radius 2 is 1.55 bits per heavy atom. The normalized spacial score (nSPS) is 10.2. The Balaban J connectivity index is 2.09. The van der Waals surface area contributed by atoms with Crippen LogP contribution in [0.15, 0.2) is 48.5 Å². The van der Waals surface area contributed by atoms with E-state index < -0.39 is 9.85 Å².